The van der Waals surface area contributed by atoms with Crippen LogP contribution >= 0.6 is 24.8 Å². The molecule has 4 rings (SSSR count). The van der Waals surface area contributed by atoms with Crippen LogP contribution in [-0.4, -0.2) is 20.2 Å². The maximum atomic E-state index is 9.66. The van der Waals surface area contributed by atoms with Crippen LogP contribution in [-0.2, 0) is 20.0 Å². The minimum absolute atomic E-state index is 0. The monoisotopic (exact) mass is 544 g/mol. The van der Waals surface area contributed by atoms with Crippen molar-refractivity contribution < 1.29 is 25.1 Å². The molecule has 3 aromatic carbocycles. The summed E-state index contributed by atoms with van der Waals surface area (Å²) in [6, 6.07) is 25.0. The van der Waals surface area contributed by atoms with Crippen LogP contribution < -0.4 is 5.19 Å². The third kappa shape index (κ3) is 15.3. The molecule has 0 unspecified atom stereocenters. The zero-order valence-electron chi connectivity index (χ0n) is 20.6. The number of hydrogen-bond donors (Lipinski definition) is 1. The van der Waals surface area contributed by atoms with Gasteiger partial charge in [0.2, 0.25) is 0 Å². The number of phenols is 1. The predicted octanol–water partition coefficient (Wildman–Crippen LogP) is 6.90. The Morgan fingerprint density at radius 2 is 1.18 bits per heavy atom. The van der Waals surface area contributed by atoms with Crippen LogP contribution in [0, 0.1) is 45.9 Å². The van der Waals surface area contributed by atoms with Gasteiger partial charge in [-0.3, -0.25) is 6.08 Å². The molecule has 0 heterocycles. The number of rotatable bonds is 0. The topological polar surface area (TPSA) is 20.2 Å². The third-order valence-corrected chi connectivity index (χ3v) is 5.42. The molecule has 181 valence electrons. The Bertz CT molecular complexity index is 766. The Morgan fingerprint density at radius 1 is 0.735 bits per heavy atom. The second-order valence-corrected chi connectivity index (χ2v) is 7.34. The summed E-state index contributed by atoms with van der Waals surface area (Å²) < 4.78 is 0. The summed E-state index contributed by atoms with van der Waals surface area (Å²) in [6.45, 7) is 9.99. The van der Waals surface area contributed by atoms with E-state index in [1.165, 1.54) is 11.1 Å². The van der Waals surface area contributed by atoms with E-state index in [1.807, 2.05) is 81.4 Å². The second kappa shape index (κ2) is 23.1. The van der Waals surface area contributed by atoms with Gasteiger partial charge in [0.05, 0.1) is 10.2 Å². The number of aromatic hydroxyl groups is 1. The van der Waals surface area contributed by atoms with E-state index < -0.39 is 0 Å². The fraction of sp³-hybridized carbons (Fsp3) is 0.207. The molecule has 3 aromatic rings. The zero-order valence-corrected chi connectivity index (χ0v) is 24.8. The zero-order chi connectivity index (χ0) is 24.4. The van der Waals surface area contributed by atoms with Gasteiger partial charge in [-0.05, 0) is 49.9 Å². The van der Waals surface area contributed by atoms with Crippen LogP contribution in [0.25, 0.3) is 0 Å². The van der Waals surface area contributed by atoms with Crippen LogP contribution in [0.1, 0.15) is 35.6 Å². The van der Waals surface area contributed by atoms with Gasteiger partial charge in [-0.2, -0.15) is 78.9 Å². The first-order valence-corrected chi connectivity index (χ1v) is 11.9. The Balaban J connectivity index is -0.000000378. The number of phenolic OH excluding ortho intramolecular Hbond substituents is 1. The summed E-state index contributed by atoms with van der Waals surface area (Å²) in [6.07, 6.45) is 8.33. The molecule has 0 bridgehead atoms. The number of benzene rings is 3. The Labute approximate surface area is 234 Å². The summed E-state index contributed by atoms with van der Waals surface area (Å²) in [5, 5.41) is 10.7. The van der Waals surface area contributed by atoms with Crippen molar-refractivity contribution in [1.82, 2.24) is 0 Å². The van der Waals surface area contributed by atoms with Crippen molar-refractivity contribution in [3.05, 3.63) is 119 Å². The van der Waals surface area contributed by atoms with E-state index in [4.69, 9.17) is 0 Å². The molecular formula is C29H34Cl2OSiTi-3. The Morgan fingerprint density at radius 3 is 1.41 bits per heavy atom. The molecule has 34 heavy (non-hydrogen) atoms. The molecule has 1 aliphatic rings. The molecule has 1 aliphatic carbocycles. The third-order valence-electron chi connectivity index (χ3n) is 4.67. The van der Waals surface area contributed by atoms with Crippen LogP contribution in [0.5, 0.6) is 5.75 Å². The van der Waals surface area contributed by atoms with E-state index in [2.05, 4.69) is 59.3 Å². The molecule has 0 aliphatic heterocycles. The van der Waals surface area contributed by atoms with Gasteiger partial charge in [-0.1, -0.05) is 12.1 Å². The van der Waals surface area contributed by atoms with Gasteiger partial charge in [0.25, 0.3) is 0 Å². The smallest absolute Gasteiger partial charge is 0.171 e. The summed E-state index contributed by atoms with van der Waals surface area (Å²) in [5.41, 5.74) is 5.54. The summed E-state index contributed by atoms with van der Waals surface area (Å²) >= 11 is 1.75. The van der Waals surface area contributed by atoms with E-state index in [-0.39, 0.29) is 24.8 Å². The first-order chi connectivity index (χ1) is 15.4. The van der Waals surface area contributed by atoms with Crippen LogP contribution in [0.4, 0.5) is 0 Å². The molecule has 1 nitrogen and oxygen atoms in total. The van der Waals surface area contributed by atoms with Gasteiger partial charge >= 0.3 is 24.8 Å². The van der Waals surface area contributed by atoms with Gasteiger partial charge in [-0.15, -0.1) is 31.2 Å². The molecule has 3 radical (unpaired) electrons. The second-order valence-electron chi connectivity index (χ2n) is 6.84. The molecule has 5 heteroatoms. The number of hydrogen-bond acceptors (Lipinski definition) is 1. The molecule has 0 fully saturated rings. The van der Waals surface area contributed by atoms with Gasteiger partial charge in [0.1, 0.15) is 5.75 Å². The van der Waals surface area contributed by atoms with Crippen LogP contribution in [0.15, 0.2) is 78.4 Å². The largest absolute Gasteiger partial charge is 0.184 e. The summed E-state index contributed by atoms with van der Waals surface area (Å²) in [4.78, 5) is 3.25. The minimum Gasteiger partial charge on any atom is -0.184 e. The SMILES string of the molecule is CC1=[C-]CC=C1.Cc1c(C)c(O)c(C)c([Si])c1C.Cl.Cl.[CH2]=[Ti].[c-]1ccccc1.[c-]1ccccc1. The average molecular weight is 545 g/mol. The van der Waals surface area contributed by atoms with Crippen molar-refractivity contribution >= 4 is 45.1 Å². The maximum Gasteiger partial charge on any atom is -0.171 e. The Hall–Kier alpha value is -1.68. The molecule has 0 aromatic heterocycles. The first-order valence-electron chi connectivity index (χ1n) is 10.3. The fourth-order valence-corrected chi connectivity index (χ4v) is 2.83. The predicted molar refractivity (Wildman–Crippen MR) is 151 cm³/mol. The van der Waals surface area contributed by atoms with Crippen molar-refractivity contribution in [3.8, 4) is 5.75 Å². The molecule has 0 atom stereocenters. The van der Waals surface area contributed by atoms with Crippen molar-refractivity contribution in [2.45, 2.75) is 41.0 Å². The summed E-state index contributed by atoms with van der Waals surface area (Å²) in [7, 11) is 3.51. The fourth-order valence-electron chi connectivity index (χ4n) is 2.53. The van der Waals surface area contributed by atoms with Crippen molar-refractivity contribution in [2.24, 2.45) is 0 Å². The summed E-state index contributed by atoms with van der Waals surface area (Å²) in [5.74, 6) is 0.406. The standard InChI is InChI=1S/C10H13OSi.C6H7.2C6H5.CH2.2ClH.Ti/c1-5-6(2)9(11)8(4)10(12)7(5)3;1-6-4-2-3-5-6;2*1-2-4-6-5-3-1;;;;/h11H,1-4H3;2,4H,3H2,1H3;2*1-5H;1H2;2*1H;/q;3*-1;;;;. The van der Waals surface area contributed by atoms with Crippen LogP contribution in [0.3, 0.4) is 0 Å². The normalized spacial score (nSPS) is 9.85. The van der Waals surface area contributed by atoms with E-state index in [0.29, 0.717) is 5.75 Å². The quantitative estimate of drug-likeness (QED) is 0.241. The minimum atomic E-state index is 0. The van der Waals surface area contributed by atoms with Crippen molar-refractivity contribution in [2.75, 3.05) is 0 Å². The Kier molecular flexibility index (Phi) is 25.0. The van der Waals surface area contributed by atoms with Gasteiger partial charge in [0, 0.05) is 0 Å². The van der Waals surface area contributed by atoms with Gasteiger partial charge in [-0.25, -0.2) is 11.6 Å². The number of halogens is 2. The van der Waals surface area contributed by atoms with Crippen molar-refractivity contribution in [1.29, 1.82) is 0 Å². The average Bonchev–Trinajstić information content (AvgIpc) is 3.36. The number of allylic oxidation sites excluding steroid dienone is 4. The van der Waals surface area contributed by atoms with Gasteiger partial charge in [0.15, 0.2) is 0 Å². The van der Waals surface area contributed by atoms with Gasteiger partial charge < -0.3 is 5.11 Å². The van der Waals surface area contributed by atoms with E-state index in [9.17, 15) is 5.11 Å². The molecule has 0 spiro atoms. The van der Waals surface area contributed by atoms with Crippen molar-refractivity contribution in [3.63, 3.8) is 0 Å². The first kappa shape index (κ1) is 36.9. The van der Waals surface area contributed by atoms with E-state index >= 15 is 0 Å². The van der Waals surface area contributed by atoms with Crippen LogP contribution in [0.2, 0.25) is 0 Å². The molecule has 0 saturated heterocycles. The molecule has 1 N–H and O–H groups in total. The van der Waals surface area contributed by atoms with E-state index in [0.717, 1.165) is 28.3 Å². The molecule has 0 saturated carbocycles. The maximum absolute atomic E-state index is 9.66. The van der Waals surface area contributed by atoms with E-state index in [1.54, 1.807) is 20.0 Å². The molecule has 0 amide bonds. The molecular weight excluding hydrogens is 511 g/mol.